The van der Waals surface area contributed by atoms with Crippen LogP contribution in [0.15, 0.2) is 59.5 Å². The van der Waals surface area contributed by atoms with Crippen LogP contribution in [0.4, 0.5) is 11.4 Å². The van der Waals surface area contributed by atoms with Crippen LogP contribution in [-0.2, 0) is 10.0 Å². The molecule has 0 aliphatic carbocycles. The van der Waals surface area contributed by atoms with Gasteiger partial charge in [-0.1, -0.05) is 29.8 Å². The first-order chi connectivity index (χ1) is 15.1. The second-order valence-electron chi connectivity index (χ2n) is 7.10. The van der Waals surface area contributed by atoms with Gasteiger partial charge in [-0.15, -0.1) is 0 Å². The van der Waals surface area contributed by atoms with Crippen LogP contribution >= 0.6 is 11.6 Å². The molecule has 7 nitrogen and oxygen atoms in total. The molecule has 32 heavy (non-hydrogen) atoms. The van der Waals surface area contributed by atoms with Crippen LogP contribution in [0.2, 0.25) is 5.02 Å². The minimum Gasteiger partial charge on any atom is -0.495 e. The van der Waals surface area contributed by atoms with Crippen molar-refractivity contribution in [3.63, 3.8) is 0 Å². The third-order valence-corrected chi connectivity index (χ3v) is 6.55. The van der Waals surface area contributed by atoms with Crippen molar-refractivity contribution in [2.24, 2.45) is 0 Å². The maximum absolute atomic E-state index is 13.0. The maximum Gasteiger partial charge on any atom is 0.262 e. The lowest BCUT2D eigenvalue weighted by atomic mass is 10.1. The fourth-order valence-corrected chi connectivity index (χ4v) is 4.65. The first-order valence-corrected chi connectivity index (χ1v) is 11.4. The molecule has 0 fully saturated rings. The lowest BCUT2D eigenvalue weighted by Crippen LogP contribution is -2.17. The van der Waals surface area contributed by atoms with Crippen molar-refractivity contribution in [3.8, 4) is 11.5 Å². The Balaban J connectivity index is 1.92. The van der Waals surface area contributed by atoms with E-state index in [4.69, 9.17) is 21.1 Å². The predicted octanol–water partition coefficient (Wildman–Crippen LogP) is 5.03. The number of anilines is 2. The molecule has 0 saturated heterocycles. The van der Waals surface area contributed by atoms with E-state index in [1.165, 1.54) is 32.4 Å². The van der Waals surface area contributed by atoms with Gasteiger partial charge in [0, 0.05) is 23.4 Å². The van der Waals surface area contributed by atoms with Crippen molar-refractivity contribution in [3.05, 3.63) is 76.3 Å². The number of carbonyl (C=O) groups excluding carboxylic acids is 1. The molecule has 0 aromatic heterocycles. The average Bonchev–Trinajstić information content (AvgIpc) is 2.74. The van der Waals surface area contributed by atoms with E-state index in [1.807, 2.05) is 13.0 Å². The van der Waals surface area contributed by atoms with Crippen LogP contribution in [-0.4, -0.2) is 28.5 Å². The fourth-order valence-electron chi connectivity index (χ4n) is 3.10. The van der Waals surface area contributed by atoms with E-state index < -0.39 is 15.9 Å². The minimum atomic E-state index is -3.91. The number of hydrogen-bond acceptors (Lipinski definition) is 5. The second-order valence-corrected chi connectivity index (χ2v) is 9.15. The van der Waals surface area contributed by atoms with Gasteiger partial charge in [0.25, 0.3) is 15.9 Å². The van der Waals surface area contributed by atoms with Crippen LogP contribution in [0.3, 0.4) is 0 Å². The molecule has 3 aromatic carbocycles. The van der Waals surface area contributed by atoms with Gasteiger partial charge < -0.3 is 14.8 Å². The highest BCUT2D eigenvalue weighted by molar-refractivity contribution is 7.92. The number of ether oxygens (including phenoxy) is 2. The standard InChI is InChI=1S/C23H23ClN2O5S/c1-14-6-5-7-17(10-14)26-32(28,29)22-11-16(9-8-15(22)2)23(27)25-19-13-20(30-3)18(24)12-21(19)31-4/h5-13,26H,1-4H3,(H,25,27). The normalized spacial score (nSPS) is 11.0. The van der Waals surface area contributed by atoms with Crippen molar-refractivity contribution < 1.29 is 22.7 Å². The van der Waals surface area contributed by atoms with Crippen molar-refractivity contribution in [2.75, 3.05) is 24.3 Å². The molecule has 0 radical (unpaired) electrons. The SMILES string of the molecule is COc1cc(NC(=O)c2ccc(C)c(S(=O)(=O)Nc3cccc(C)c3)c2)c(OC)cc1Cl. The Bertz CT molecular complexity index is 1280. The lowest BCUT2D eigenvalue weighted by Gasteiger charge is -2.15. The largest absolute Gasteiger partial charge is 0.495 e. The molecule has 0 saturated carbocycles. The first kappa shape index (κ1) is 23.4. The Morgan fingerprint density at radius 1 is 0.938 bits per heavy atom. The van der Waals surface area contributed by atoms with E-state index in [0.717, 1.165) is 5.56 Å². The van der Waals surface area contributed by atoms with Gasteiger partial charge in [-0.2, -0.15) is 0 Å². The number of amides is 1. The van der Waals surface area contributed by atoms with Gasteiger partial charge in [0.05, 0.1) is 29.8 Å². The third kappa shape index (κ3) is 5.15. The van der Waals surface area contributed by atoms with E-state index >= 15 is 0 Å². The summed E-state index contributed by atoms with van der Waals surface area (Å²) in [7, 11) is -1.01. The van der Waals surface area contributed by atoms with Crippen LogP contribution in [0.25, 0.3) is 0 Å². The topological polar surface area (TPSA) is 93.7 Å². The summed E-state index contributed by atoms with van der Waals surface area (Å²) in [6, 6.07) is 14.5. The van der Waals surface area contributed by atoms with Gasteiger partial charge in [0.1, 0.15) is 11.5 Å². The summed E-state index contributed by atoms with van der Waals surface area (Å²) in [4.78, 5) is 12.9. The summed E-state index contributed by atoms with van der Waals surface area (Å²) in [6.07, 6.45) is 0. The maximum atomic E-state index is 13.0. The molecule has 0 aliphatic rings. The monoisotopic (exact) mass is 474 g/mol. The summed E-state index contributed by atoms with van der Waals surface area (Å²) in [5, 5.41) is 3.04. The first-order valence-electron chi connectivity index (χ1n) is 9.57. The number of sulfonamides is 1. The molecule has 3 aromatic rings. The van der Waals surface area contributed by atoms with Crippen LogP contribution in [0.1, 0.15) is 21.5 Å². The van der Waals surface area contributed by atoms with Crippen LogP contribution < -0.4 is 19.5 Å². The van der Waals surface area contributed by atoms with Crippen molar-refractivity contribution >= 4 is 38.9 Å². The van der Waals surface area contributed by atoms with Gasteiger partial charge in [-0.3, -0.25) is 9.52 Å². The molecule has 1 amide bonds. The smallest absolute Gasteiger partial charge is 0.262 e. The van der Waals surface area contributed by atoms with E-state index in [9.17, 15) is 13.2 Å². The molecule has 3 rings (SSSR count). The molecular formula is C23H23ClN2O5S. The summed E-state index contributed by atoms with van der Waals surface area (Å²) >= 11 is 6.11. The Morgan fingerprint density at radius 3 is 2.31 bits per heavy atom. The summed E-state index contributed by atoms with van der Waals surface area (Å²) in [6.45, 7) is 3.54. The van der Waals surface area contributed by atoms with E-state index in [1.54, 1.807) is 37.3 Å². The zero-order chi connectivity index (χ0) is 23.5. The number of benzene rings is 3. The second kappa shape index (κ2) is 9.50. The zero-order valence-corrected chi connectivity index (χ0v) is 19.6. The molecule has 0 atom stereocenters. The number of methoxy groups -OCH3 is 2. The molecule has 0 bridgehead atoms. The summed E-state index contributed by atoms with van der Waals surface area (Å²) < 4.78 is 39.0. The van der Waals surface area contributed by atoms with Crippen LogP contribution in [0.5, 0.6) is 11.5 Å². The highest BCUT2D eigenvalue weighted by Crippen LogP contribution is 2.36. The molecule has 9 heteroatoms. The fraction of sp³-hybridized carbons (Fsp3) is 0.174. The predicted molar refractivity (Wildman–Crippen MR) is 126 cm³/mol. The molecule has 0 spiro atoms. The van der Waals surface area contributed by atoms with Gasteiger partial charge in [-0.05, 0) is 49.2 Å². The molecule has 2 N–H and O–H groups in total. The number of rotatable bonds is 7. The Hall–Kier alpha value is -3.23. The number of aryl methyl sites for hydroxylation is 2. The highest BCUT2D eigenvalue weighted by Gasteiger charge is 2.20. The average molecular weight is 475 g/mol. The minimum absolute atomic E-state index is 0.00677. The third-order valence-electron chi connectivity index (χ3n) is 4.73. The molecule has 0 aliphatic heterocycles. The Morgan fingerprint density at radius 2 is 1.66 bits per heavy atom. The number of nitrogens with one attached hydrogen (secondary N) is 2. The summed E-state index contributed by atoms with van der Waals surface area (Å²) in [5.41, 5.74) is 2.37. The van der Waals surface area contributed by atoms with Gasteiger partial charge in [-0.25, -0.2) is 8.42 Å². The van der Waals surface area contributed by atoms with Gasteiger partial charge >= 0.3 is 0 Å². The quantitative estimate of drug-likeness (QED) is 0.501. The van der Waals surface area contributed by atoms with E-state index in [0.29, 0.717) is 33.5 Å². The van der Waals surface area contributed by atoms with Crippen molar-refractivity contribution in [1.29, 1.82) is 0 Å². The van der Waals surface area contributed by atoms with Gasteiger partial charge in [0.15, 0.2) is 0 Å². The molecule has 0 heterocycles. The van der Waals surface area contributed by atoms with Crippen LogP contribution in [0, 0.1) is 13.8 Å². The summed E-state index contributed by atoms with van der Waals surface area (Å²) in [5.74, 6) is 0.183. The zero-order valence-electron chi connectivity index (χ0n) is 18.0. The lowest BCUT2D eigenvalue weighted by molar-refractivity contribution is 0.102. The number of hydrogen-bond donors (Lipinski definition) is 2. The molecule has 0 unspecified atom stereocenters. The van der Waals surface area contributed by atoms with Crippen molar-refractivity contribution in [2.45, 2.75) is 18.7 Å². The van der Waals surface area contributed by atoms with E-state index in [2.05, 4.69) is 10.0 Å². The molecule has 168 valence electrons. The number of halogens is 1. The Kier molecular flexibility index (Phi) is 6.96. The highest BCUT2D eigenvalue weighted by atomic mass is 35.5. The van der Waals surface area contributed by atoms with E-state index in [-0.39, 0.29) is 10.5 Å². The Labute approximate surface area is 192 Å². The van der Waals surface area contributed by atoms with Crippen molar-refractivity contribution in [1.82, 2.24) is 0 Å². The number of carbonyl (C=O) groups is 1. The molecular weight excluding hydrogens is 452 g/mol. The van der Waals surface area contributed by atoms with Gasteiger partial charge in [0.2, 0.25) is 0 Å².